The van der Waals surface area contributed by atoms with Crippen LogP contribution < -0.4 is 24.8 Å². The zero-order valence-electron chi connectivity index (χ0n) is 20.4. The van der Waals surface area contributed by atoms with Crippen LogP contribution in [0.5, 0.6) is 17.2 Å². The van der Waals surface area contributed by atoms with Gasteiger partial charge < -0.3 is 29.4 Å². The van der Waals surface area contributed by atoms with Crippen LogP contribution in [0, 0.1) is 0 Å². The van der Waals surface area contributed by atoms with Crippen LogP contribution >= 0.6 is 0 Å². The fraction of sp³-hybridized carbons (Fsp3) is 0.222. The fourth-order valence-corrected chi connectivity index (χ4v) is 3.63. The number of anilines is 1. The molecule has 4 aromatic rings. The number of benzene rings is 3. The number of para-hydroxylation sites is 1. The van der Waals surface area contributed by atoms with Crippen molar-refractivity contribution < 1.29 is 23.5 Å². The lowest BCUT2D eigenvalue weighted by Gasteiger charge is -2.11. The van der Waals surface area contributed by atoms with Crippen LogP contribution in [-0.2, 0) is 13.0 Å². The summed E-state index contributed by atoms with van der Waals surface area (Å²) < 4.78 is 21.2. The van der Waals surface area contributed by atoms with Gasteiger partial charge in [-0.05, 0) is 48.4 Å². The molecule has 0 saturated heterocycles. The Morgan fingerprint density at radius 1 is 0.917 bits per heavy atom. The molecule has 2 N–H and O–H groups in total. The predicted molar refractivity (Wildman–Crippen MR) is 136 cm³/mol. The first kappa shape index (κ1) is 24.6. The third-order valence-electron chi connectivity index (χ3n) is 5.58. The summed E-state index contributed by atoms with van der Waals surface area (Å²) in [4.78, 5) is 17.3. The van der Waals surface area contributed by atoms with Crippen LogP contribution in [0.25, 0.3) is 11.4 Å². The molecule has 9 nitrogen and oxygen atoms in total. The highest BCUT2D eigenvalue weighted by Gasteiger charge is 2.16. The number of rotatable bonds is 11. The summed E-state index contributed by atoms with van der Waals surface area (Å²) >= 11 is 0. The van der Waals surface area contributed by atoms with Gasteiger partial charge in [0.25, 0.3) is 5.91 Å². The van der Waals surface area contributed by atoms with Gasteiger partial charge >= 0.3 is 0 Å². The molecule has 0 atom stereocenters. The topological polar surface area (TPSA) is 108 Å². The van der Waals surface area contributed by atoms with Crippen LogP contribution in [0.1, 0.15) is 21.8 Å². The van der Waals surface area contributed by atoms with E-state index in [0.717, 1.165) is 11.3 Å². The average Bonchev–Trinajstić information content (AvgIpc) is 3.40. The van der Waals surface area contributed by atoms with Crippen LogP contribution in [0.4, 0.5) is 5.69 Å². The van der Waals surface area contributed by atoms with E-state index in [1.807, 2.05) is 48.5 Å². The lowest BCUT2D eigenvalue weighted by Crippen LogP contribution is -2.26. The molecule has 186 valence electrons. The van der Waals surface area contributed by atoms with Gasteiger partial charge in [-0.15, -0.1) is 0 Å². The quantitative estimate of drug-likeness (QED) is 0.321. The number of carbonyl (C=O) groups is 1. The number of methoxy groups -OCH3 is 3. The Morgan fingerprint density at radius 2 is 1.67 bits per heavy atom. The highest BCUT2D eigenvalue weighted by Crippen LogP contribution is 2.31. The summed E-state index contributed by atoms with van der Waals surface area (Å²) in [5.74, 6) is 2.65. The molecule has 0 aliphatic heterocycles. The molecule has 9 heteroatoms. The van der Waals surface area contributed by atoms with Crippen molar-refractivity contribution >= 4 is 11.6 Å². The first-order chi connectivity index (χ1) is 17.6. The van der Waals surface area contributed by atoms with E-state index in [1.54, 1.807) is 39.5 Å². The summed E-state index contributed by atoms with van der Waals surface area (Å²) in [5.41, 5.74) is 3.00. The second-order valence-electron chi connectivity index (χ2n) is 7.83. The summed E-state index contributed by atoms with van der Waals surface area (Å²) in [5, 5.41) is 10.3. The van der Waals surface area contributed by atoms with E-state index in [-0.39, 0.29) is 12.5 Å². The van der Waals surface area contributed by atoms with Crippen molar-refractivity contribution in [1.82, 2.24) is 15.5 Å². The Labute approximate surface area is 209 Å². The molecule has 36 heavy (non-hydrogen) atoms. The number of hydrogen-bond acceptors (Lipinski definition) is 8. The minimum Gasteiger partial charge on any atom is -0.497 e. The van der Waals surface area contributed by atoms with E-state index in [4.69, 9.17) is 18.7 Å². The number of hydrogen-bond donors (Lipinski definition) is 2. The molecule has 0 bridgehead atoms. The zero-order chi connectivity index (χ0) is 25.3. The SMILES string of the molecule is COc1ccc(CCNC(=O)c2ccccc2NCc2nc(-c3ccc(OC)cc3OC)no2)cc1. The molecule has 1 heterocycles. The van der Waals surface area contributed by atoms with Crippen molar-refractivity contribution in [2.75, 3.05) is 33.2 Å². The molecule has 1 amide bonds. The van der Waals surface area contributed by atoms with Crippen molar-refractivity contribution in [3.63, 3.8) is 0 Å². The summed E-state index contributed by atoms with van der Waals surface area (Å²) in [7, 11) is 4.79. The Hall–Kier alpha value is -4.53. The van der Waals surface area contributed by atoms with Crippen molar-refractivity contribution in [1.29, 1.82) is 0 Å². The maximum atomic E-state index is 12.8. The summed E-state index contributed by atoms with van der Waals surface area (Å²) in [6.07, 6.45) is 0.713. The first-order valence-corrected chi connectivity index (χ1v) is 11.4. The van der Waals surface area contributed by atoms with Crippen molar-refractivity contribution in [3.8, 4) is 28.6 Å². The summed E-state index contributed by atoms with van der Waals surface area (Å²) in [6.45, 7) is 0.762. The Morgan fingerprint density at radius 3 is 2.42 bits per heavy atom. The average molecular weight is 489 g/mol. The Balaban J connectivity index is 1.37. The van der Waals surface area contributed by atoms with Crippen LogP contribution in [0.3, 0.4) is 0 Å². The lowest BCUT2D eigenvalue weighted by molar-refractivity contribution is 0.0955. The van der Waals surface area contributed by atoms with Gasteiger partial charge in [-0.1, -0.05) is 29.4 Å². The Kier molecular flexibility index (Phi) is 8.02. The molecule has 3 aromatic carbocycles. The van der Waals surface area contributed by atoms with E-state index < -0.39 is 0 Å². The van der Waals surface area contributed by atoms with E-state index >= 15 is 0 Å². The second-order valence-corrected chi connectivity index (χ2v) is 7.83. The fourth-order valence-electron chi connectivity index (χ4n) is 3.63. The summed E-state index contributed by atoms with van der Waals surface area (Å²) in [6, 6.07) is 20.4. The van der Waals surface area contributed by atoms with Gasteiger partial charge in [0.15, 0.2) is 0 Å². The normalized spacial score (nSPS) is 10.5. The number of ether oxygens (including phenoxy) is 3. The van der Waals surface area contributed by atoms with Gasteiger partial charge in [0, 0.05) is 18.3 Å². The third-order valence-corrected chi connectivity index (χ3v) is 5.58. The highest BCUT2D eigenvalue weighted by molar-refractivity contribution is 5.99. The minimum absolute atomic E-state index is 0.166. The van der Waals surface area contributed by atoms with E-state index in [1.165, 1.54) is 0 Å². The Bertz CT molecular complexity index is 1300. The van der Waals surface area contributed by atoms with Crippen molar-refractivity contribution in [2.45, 2.75) is 13.0 Å². The van der Waals surface area contributed by atoms with Gasteiger partial charge in [0.05, 0.1) is 39.0 Å². The molecule has 1 aromatic heterocycles. The number of amides is 1. The number of aromatic nitrogens is 2. The maximum absolute atomic E-state index is 12.8. The molecule has 0 aliphatic carbocycles. The minimum atomic E-state index is -0.166. The monoisotopic (exact) mass is 488 g/mol. The standard InChI is InChI=1S/C27H28N4O5/c1-33-19-10-8-18(9-11-19)14-15-28-27(32)21-6-4-5-7-23(21)29-17-25-30-26(31-36-25)22-13-12-20(34-2)16-24(22)35-3/h4-13,16,29H,14-15,17H2,1-3H3,(H,28,32). The van der Waals surface area contributed by atoms with E-state index in [0.29, 0.717) is 53.0 Å². The third kappa shape index (κ3) is 5.93. The molecule has 4 rings (SSSR count). The second kappa shape index (κ2) is 11.7. The number of carbonyl (C=O) groups excluding carboxylic acids is 1. The van der Waals surface area contributed by atoms with Crippen molar-refractivity contribution in [2.24, 2.45) is 0 Å². The van der Waals surface area contributed by atoms with Gasteiger partial charge in [0.2, 0.25) is 11.7 Å². The first-order valence-electron chi connectivity index (χ1n) is 11.4. The van der Waals surface area contributed by atoms with E-state index in [9.17, 15) is 4.79 Å². The predicted octanol–water partition coefficient (Wildman–Crippen LogP) is 4.35. The molecule has 0 aliphatic rings. The molecule has 0 radical (unpaired) electrons. The van der Waals surface area contributed by atoms with Crippen LogP contribution in [-0.4, -0.2) is 43.9 Å². The maximum Gasteiger partial charge on any atom is 0.253 e. The van der Waals surface area contributed by atoms with Crippen molar-refractivity contribution in [3.05, 3.63) is 83.7 Å². The lowest BCUT2D eigenvalue weighted by atomic mass is 10.1. The van der Waals surface area contributed by atoms with Gasteiger partial charge in [-0.3, -0.25) is 4.79 Å². The molecular formula is C27H28N4O5. The number of nitrogens with zero attached hydrogens (tertiary/aromatic N) is 2. The van der Waals surface area contributed by atoms with Crippen LogP contribution in [0.15, 0.2) is 71.3 Å². The zero-order valence-corrected chi connectivity index (χ0v) is 20.4. The highest BCUT2D eigenvalue weighted by atomic mass is 16.5. The molecule has 0 spiro atoms. The molecule has 0 unspecified atom stereocenters. The van der Waals surface area contributed by atoms with Gasteiger partial charge in [-0.25, -0.2) is 0 Å². The number of nitrogens with one attached hydrogen (secondary N) is 2. The molecule has 0 saturated carbocycles. The molecular weight excluding hydrogens is 460 g/mol. The van der Waals surface area contributed by atoms with Crippen LogP contribution in [0.2, 0.25) is 0 Å². The molecule has 0 fully saturated rings. The van der Waals surface area contributed by atoms with Gasteiger partial charge in [0.1, 0.15) is 17.2 Å². The largest absolute Gasteiger partial charge is 0.497 e. The smallest absolute Gasteiger partial charge is 0.253 e. The van der Waals surface area contributed by atoms with Gasteiger partial charge in [-0.2, -0.15) is 4.98 Å². The van der Waals surface area contributed by atoms with E-state index in [2.05, 4.69) is 20.8 Å².